The number of pyridine rings is 1. The minimum Gasteiger partial charge on any atom is -0.336 e. The highest BCUT2D eigenvalue weighted by Crippen LogP contribution is 2.31. The Balaban J connectivity index is 2.20. The zero-order valence-corrected chi connectivity index (χ0v) is 14.5. The van der Waals surface area contributed by atoms with Crippen molar-refractivity contribution in [2.45, 2.75) is 62.6 Å². The van der Waals surface area contributed by atoms with Gasteiger partial charge in [-0.2, -0.15) is 0 Å². The molecule has 6 nitrogen and oxygen atoms in total. The largest absolute Gasteiger partial charge is 0.336 e. The Labute approximate surface area is 138 Å². The first-order valence-corrected chi connectivity index (χ1v) is 9.71. The summed E-state index contributed by atoms with van der Waals surface area (Å²) in [5.41, 5.74) is -0.715. The van der Waals surface area contributed by atoms with Crippen LogP contribution < -0.4 is 10.6 Å². The summed E-state index contributed by atoms with van der Waals surface area (Å²) in [5, 5.41) is 5.78. The Kier molecular flexibility index (Phi) is 5.62. The standard InChI is InChI=1S/C16H25N3O3S/c1-13(2)18-15(20)19-16(9-5-3-6-10-16)12-23(21,22)14-8-4-7-11-17-14/h4,7-8,11,13H,3,5-6,9-10,12H2,1-2H3,(H2,18,19,20). The molecule has 1 aliphatic carbocycles. The van der Waals surface area contributed by atoms with Crippen LogP contribution in [0.4, 0.5) is 4.79 Å². The van der Waals surface area contributed by atoms with Crippen molar-refractivity contribution in [1.82, 2.24) is 15.6 Å². The quantitative estimate of drug-likeness (QED) is 0.861. The third kappa shape index (κ3) is 4.92. The first kappa shape index (κ1) is 17.7. The average molecular weight is 339 g/mol. The van der Waals surface area contributed by atoms with Crippen molar-refractivity contribution < 1.29 is 13.2 Å². The van der Waals surface area contributed by atoms with E-state index in [1.807, 2.05) is 13.8 Å². The molecule has 0 radical (unpaired) electrons. The Hall–Kier alpha value is -1.63. The fourth-order valence-electron chi connectivity index (χ4n) is 3.04. The van der Waals surface area contributed by atoms with Gasteiger partial charge in [-0.1, -0.05) is 25.3 Å². The number of nitrogens with zero attached hydrogens (tertiary/aromatic N) is 1. The van der Waals surface area contributed by atoms with E-state index in [4.69, 9.17) is 0 Å². The second-order valence-electron chi connectivity index (χ2n) is 6.52. The molecule has 0 spiro atoms. The van der Waals surface area contributed by atoms with E-state index >= 15 is 0 Å². The molecule has 1 aliphatic rings. The zero-order chi connectivity index (χ0) is 16.9. The minimum absolute atomic E-state index is 0.00281. The second kappa shape index (κ2) is 7.29. The summed E-state index contributed by atoms with van der Waals surface area (Å²) < 4.78 is 25.4. The molecule has 2 rings (SSSR count). The van der Waals surface area contributed by atoms with Crippen molar-refractivity contribution in [2.24, 2.45) is 0 Å². The Morgan fingerprint density at radius 1 is 1.26 bits per heavy atom. The number of hydrogen-bond donors (Lipinski definition) is 2. The molecule has 1 aromatic rings. The summed E-state index contributed by atoms with van der Waals surface area (Å²) in [6, 6.07) is 4.54. The van der Waals surface area contributed by atoms with E-state index in [-0.39, 0.29) is 22.9 Å². The molecule has 0 atom stereocenters. The van der Waals surface area contributed by atoms with Crippen LogP contribution in [0.3, 0.4) is 0 Å². The number of aromatic nitrogens is 1. The summed E-state index contributed by atoms with van der Waals surface area (Å²) in [6.07, 6.45) is 5.72. The Bertz CT molecular complexity index is 623. The van der Waals surface area contributed by atoms with Gasteiger partial charge < -0.3 is 10.6 Å². The van der Waals surface area contributed by atoms with Crippen molar-refractivity contribution >= 4 is 15.9 Å². The summed E-state index contributed by atoms with van der Waals surface area (Å²) >= 11 is 0. The Morgan fingerprint density at radius 2 is 1.96 bits per heavy atom. The molecule has 0 aromatic carbocycles. The van der Waals surface area contributed by atoms with Gasteiger partial charge in [-0.15, -0.1) is 0 Å². The van der Waals surface area contributed by atoms with Gasteiger partial charge in [-0.3, -0.25) is 0 Å². The topological polar surface area (TPSA) is 88.2 Å². The van der Waals surface area contributed by atoms with Crippen LogP contribution in [0.15, 0.2) is 29.4 Å². The number of carbonyl (C=O) groups excluding carboxylic acids is 1. The number of nitrogens with one attached hydrogen (secondary N) is 2. The summed E-state index contributed by atoms with van der Waals surface area (Å²) in [7, 11) is -3.55. The highest BCUT2D eigenvalue weighted by Gasteiger charge is 2.39. The minimum atomic E-state index is -3.55. The smallest absolute Gasteiger partial charge is 0.315 e. The molecule has 23 heavy (non-hydrogen) atoms. The molecule has 2 amide bonds. The van der Waals surface area contributed by atoms with Crippen LogP contribution in [0.5, 0.6) is 0 Å². The third-order valence-corrected chi connectivity index (χ3v) is 5.84. The van der Waals surface area contributed by atoms with Crippen LogP contribution in [-0.4, -0.2) is 36.8 Å². The van der Waals surface area contributed by atoms with E-state index in [2.05, 4.69) is 15.6 Å². The molecule has 0 bridgehead atoms. The van der Waals surface area contributed by atoms with Crippen LogP contribution in [0.2, 0.25) is 0 Å². The molecule has 128 valence electrons. The van der Waals surface area contributed by atoms with E-state index in [1.54, 1.807) is 12.1 Å². The number of rotatable bonds is 5. The molecule has 1 saturated carbocycles. The number of amides is 2. The number of sulfone groups is 1. The van der Waals surface area contributed by atoms with Gasteiger partial charge in [0.1, 0.15) is 0 Å². The van der Waals surface area contributed by atoms with Gasteiger partial charge in [-0.25, -0.2) is 18.2 Å². The van der Waals surface area contributed by atoms with E-state index in [1.165, 1.54) is 12.3 Å². The van der Waals surface area contributed by atoms with Gasteiger partial charge in [0.25, 0.3) is 0 Å². The van der Waals surface area contributed by atoms with E-state index < -0.39 is 15.4 Å². The zero-order valence-electron chi connectivity index (χ0n) is 13.7. The van der Waals surface area contributed by atoms with Crippen LogP contribution in [-0.2, 0) is 9.84 Å². The third-order valence-electron chi connectivity index (χ3n) is 4.03. The lowest BCUT2D eigenvalue weighted by Gasteiger charge is -2.37. The first-order valence-electron chi connectivity index (χ1n) is 8.05. The lowest BCUT2D eigenvalue weighted by molar-refractivity contribution is 0.210. The fourth-order valence-corrected chi connectivity index (χ4v) is 4.79. The molecule has 0 aliphatic heterocycles. The normalized spacial score (nSPS) is 17.7. The predicted octanol–water partition coefficient (Wildman–Crippen LogP) is 2.27. The number of carbonyl (C=O) groups is 1. The van der Waals surface area contributed by atoms with Crippen LogP contribution in [0.1, 0.15) is 46.0 Å². The Morgan fingerprint density at radius 3 is 2.52 bits per heavy atom. The first-order chi connectivity index (χ1) is 10.8. The molecular formula is C16H25N3O3S. The van der Waals surface area contributed by atoms with Gasteiger partial charge in [0, 0.05) is 12.2 Å². The SMILES string of the molecule is CC(C)NC(=O)NC1(CS(=O)(=O)c2ccccn2)CCCCC1. The summed E-state index contributed by atoms with van der Waals surface area (Å²) in [6.45, 7) is 3.75. The van der Waals surface area contributed by atoms with Gasteiger partial charge in [0.2, 0.25) is 0 Å². The van der Waals surface area contributed by atoms with Crippen molar-refractivity contribution in [3.05, 3.63) is 24.4 Å². The van der Waals surface area contributed by atoms with E-state index in [0.717, 1.165) is 19.3 Å². The van der Waals surface area contributed by atoms with Crippen LogP contribution in [0.25, 0.3) is 0 Å². The average Bonchev–Trinajstić information content (AvgIpc) is 2.47. The van der Waals surface area contributed by atoms with Gasteiger partial charge >= 0.3 is 6.03 Å². The van der Waals surface area contributed by atoms with Gasteiger partial charge in [0.15, 0.2) is 14.9 Å². The van der Waals surface area contributed by atoms with Crippen molar-refractivity contribution in [3.8, 4) is 0 Å². The number of urea groups is 1. The summed E-state index contributed by atoms with van der Waals surface area (Å²) in [5.74, 6) is -0.109. The highest BCUT2D eigenvalue weighted by molar-refractivity contribution is 7.91. The second-order valence-corrected chi connectivity index (χ2v) is 8.46. The van der Waals surface area contributed by atoms with Crippen molar-refractivity contribution in [2.75, 3.05) is 5.75 Å². The molecule has 1 heterocycles. The van der Waals surface area contributed by atoms with Crippen molar-refractivity contribution in [1.29, 1.82) is 0 Å². The lowest BCUT2D eigenvalue weighted by atomic mass is 9.83. The molecule has 0 saturated heterocycles. The molecule has 0 unspecified atom stereocenters. The fraction of sp³-hybridized carbons (Fsp3) is 0.625. The van der Waals surface area contributed by atoms with Crippen LogP contribution in [0, 0.1) is 0 Å². The molecule has 2 N–H and O–H groups in total. The monoisotopic (exact) mass is 339 g/mol. The van der Waals surface area contributed by atoms with Crippen molar-refractivity contribution in [3.63, 3.8) is 0 Å². The van der Waals surface area contributed by atoms with Gasteiger partial charge in [0.05, 0.1) is 11.3 Å². The van der Waals surface area contributed by atoms with E-state index in [9.17, 15) is 13.2 Å². The molecule has 7 heteroatoms. The molecular weight excluding hydrogens is 314 g/mol. The van der Waals surface area contributed by atoms with Crippen LogP contribution >= 0.6 is 0 Å². The molecule has 1 aromatic heterocycles. The maximum absolute atomic E-state index is 12.7. The van der Waals surface area contributed by atoms with E-state index in [0.29, 0.717) is 12.8 Å². The lowest BCUT2D eigenvalue weighted by Crippen LogP contribution is -2.57. The maximum atomic E-state index is 12.7. The van der Waals surface area contributed by atoms with Gasteiger partial charge in [-0.05, 0) is 38.8 Å². The summed E-state index contributed by atoms with van der Waals surface area (Å²) in [4.78, 5) is 16.1. The highest BCUT2D eigenvalue weighted by atomic mass is 32.2. The molecule has 1 fully saturated rings. The predicted molar refractivity (Wildman–Crippen MR) is 88.9 cm³/mol. The maximum Gasteiger partial charge on any atom is 0.315 e. The number of hydrogen-bond acceptors (Lipinski definition) is 4.